The van der Waals surface area contributed by atoms with Crippen molar-refractivity contribution < 1.29 is 4.74 Å². The molecule has 4 rings (SSSR count). The Kier molecular flexibility index (Phi) is 3.38. The Morgan fingerprint density at radius 1 is 1.14 bits per heavy atom. The molecule has 1 aliphatic carbocycles. The summed E-state index contributed by atoms with van der Waals surface area (Å²) in [5.74, 6) is 2.48. The van der Waals surface area contributed by atoms with E-state index in [-0.39, 0.29) is 5.92 Å². The molecule has 2 heterocycles. The van der Waals surface area contributed by atoms with Gasteiger partial charge in [0.15, 0.2) is 0 Å². The van der Waals surface area contributed by atoms with Crippen molar-refractivity contribution in [1.29, 1.82) is 0 Å². The largest absolute Gasteiger partial charge is 0.493 e. The zero-order chi connectivity index (χ0) is 14.4. The second-order valence-corrected chi connectivity index (χ2v) is 6.82. The number of hydrogen-bond donors (Lipinski definition) is 0. The number of hydrogen-bond acceptors (Lipinski definition) is 3. The number of benzene rings is 1. The maximum atomic E-state index is 6.27. The third-order valence-corrected chi connectivity index (χ3v) is 5.35. The van der Waals surface area contributed by atoms with Crippen LogP contribution in [0.15, 0.2) is 28.7 Å². The number of nitrogens with zero attached hydrogens (tertiary/aromatic N) is 2. The van der Waals surface area contributed by atoms with Crippen LogP contribution in [-0.4, -0.2) is 16.6 Å². The molecule has 0 saturated heterocycles. The Balaban J connectivity index is 1.68. The van der Waals surface area contributed by atoms with Crippen LogP contribution >= 0.6 is 27.5 Å². The van der Waals surface area contributed by atoms with E-state index in [0.29, 0.717) is 17.7 Å². The van der Waals surface area contributed by atoms with E-state index in [0.717, 1.165) is 28.2 Å². The van der Waals surface area contributed by atoms with E-state index in [1.165, 1.54) is 18.4 Å². The summed E-state index contributed by atoms with van der Waals surface area (Å²) in [6.45, 7) is 0.610. The fourth-order valence-corrected chi connectivity index (χ4v) is 3.44. The van der Waals surface area contributed by atoms with Gasteiger partial charge in [0.2, 0.25) is 0 Å². The van der Waals surface area contributed by atoms with Gasteiger partial charge in [0.25, 0.3) is 0 Å². The molecule has 0 bridgehead atoms. The molecule has 2 aliphatic rings. The van der Waals surface area contributed by atoms with Gasteiger partial charge < -0.3 is 4.74 Å². The molecule has 108 valence electrons. The first-order valence-electron chi connectivity index (χ1n) is 7.16. The monoisotopic (exact) mass is 364 g/mol. The van der Waals surface area contributed by atoms with Crippen molar-refractivity contribution in [3.05, 3.63) is 51.0 Å². The van der Waals surface area contributed by atoms with Crippen LogP contribution in [0, 0.1) is 0 Å². The van der Waals surface area contributed by atoms with Gasteiger partial charge in [0.1, 0.15) is 16.7 Å². The minimum Gasteiger partial charge on any atom is -0.493 e. The molecular weight excluding hydrogens is 352 g/mol. The summed E-state index contributed by atoms with van der Waals surface area (Å²) in [5, 5.41) is 0.515. The van der Waals surface area contributed by atoms with Gasteiger partial charge in [0, 0.05) is 5.92 Å². The maximum absolute atomic E-state index is 6.27. The van der Waals surface area contributed by atoms with Gasteiger partial charge in [-0.1, -0.05) is 29.8 Å². The molecule has 1 aromatic carbocycles. The lowest BCUT2D eigenvalue weighted by Crippen LogP contribution is -2.21. The fourth-order valence-electron chi connectivity index (χ4n) is 2.76. The van der Waals surface area contributed by atoms with Crippen LogP contribution in [-0.2, 0) is 6.42 Å². The van der Waals surface area contributed by atoms with Gasteiger partial charge in [-0.3, -0.25) is 0 Å². The van der Waals surface area contributed by atoms with Crippen LogP contribution in [0.1, 0.15) is 41.8 Å². The summed E-state index contributed by atoms with van der Waals surface area (Å²) in [6.07, 6.45) is 3.28. The molecule has 0 radical (unpaired) electrons. The Morgan fingerprint density at radius 3 is 2.76 bits per heavy atom. The van der Waals surface area contributed by atoms with Gasteiger partial charge >= 0.3 is 0 Å². The molecule has 5 heteroatoms. The minimum absolute atomic E-state index is 0.169. The van der Waals surface area contributed by atoms with E-state index in [1.807, 2.05) is 18.2 Å². The number of fused-ring (bicyclic) bond motifs is 1. The third kappa shape index (κ3) is 2.55. The number of para-hydroxylation sites is 1. The Labute approximate surface area is 136 Å². The SMILES string of the molecule is Clc1nc(C2COc3ccccc3C2)nc(C2CC2)c1Br. The molecular formula is C16H14BrClN2O. The van der Waals surface area contributed by atoms with E-state index >= 15 is 0 Å². The highest BCUT2D eigenvalue weighted by Crippen LogP contribution is 2.44. The summed E-state index contributed by atoms with van der Waals surface area (Å²) >= 11 is 9.79. The highest BCUT2D eigenvalue weighted by Gasteiger charge is 2.31. The first-order valence-corrected chi connectivity index (χ1v) is 8.33. The lowest BCUT2D eigenvalue weighted by atomic mass is 9.96. The highest BCUT2D eigenvalue weighted by atomic mass is 79.9. The fraction of sp³-hybridized carbons (Fsp3) is 0.375. The number of halogens is 2. The normalized spacial score (nSPS) is 20.8. The minimum atomic E-state index is 0.169. The molecule has 1 aliphatic heterocycles. The molecule has 1 aromatic heterocycles. The Bertz CT molecular complexity index is 703. The second-order valence-electron chi connectivity index (χ2n) is 5.67. The van der Waals surface area contributed by atoms with Crippen LogP contribution in [0.25, 0.3) is 0 Å². The average molecular weight is 366 g/mol. The maximum Gasteiger partial charge on any atom is 0.147 e. The number of ether oxygens (including phenoxy) is 1. The zero-order valence-electron chi connectivity index (χ0n) is 11.4. The van der Waals surface area contributed by atoms with Gasteiger partial charge in [-0.05, 0) is 46.8 Å². The van der Waals surface area contributed by atoms with Crippen molar-refractivity contribution in [2.24, 2.45) is 0 Å². The van der Waals surface area contributed by atoms with Gasteiger partial charge in [-0.25, -0.2) is 9.97 Å². The number of aromatic nitrogens is 2. The van der Waals surface area contributed by atoms with Crippen LogP contribution < -0.4 is 4.74 Å². The van der Waals surface area contributed by atoms with Crippen molar-refractivity contribution in [2.75, 3.05) is 6.61 Å². The van der Waals surface area contributed by atoms with E-state index in [1.54, 1.807) is 0 Å². The predicted molar refractivity (Wildman–Crippen MR) is 85.1 cm³/mol. The standard InChI is InChI=1S/C16H14BrClN2O/c17-13-14(9-5-6-9)19-16(20-15(13)18)11-7-10-3-1-2-4-12(10)21-8-11/h1-4,9,11H,5-8H2. The number of rotatable bonds is 2. The van der Waals surface area contributed by atoms with E-state index in [4.69, 9.17) is 21.3 Å². The summed E-state index contributed by atoms with van der Waals surface area (Å²) in [5.41, 5.74) is 2.27. The molecule has 1 atom stereocenters. The molecule has 21 heavy (non-hydrogen) atoms. The summed E-state index contributed by atoms with van der Waals surface area (Å²) < 4.78 is 6.70. The molecule has 0 spiro atoms. The van der Waals surface area contributed by atoms with Crippen molar-refractivity contribution >= 4 is 27.5 Å². The summed E-state index contributed by atoms with van der Waals surface area (Å²) in [4.78, 5) is 9.24. The molecule has 1 fully saturated rings. The second kappa shape index (κ2) is 5.25. The lowest BCUT2D eigenvalue weighted by molar-refractivity contribution is 0.257. The third-order valence-electron chi connectivity index (χ3n) is 4.06. The lowest BCUT2D eigenvalue weighted by Gasteiger charge is -2.24. The van der Waals surface area contributed by atoms with Gasteiger partial charge in [-0.15, -0.1) is 0 Å². The molecule has 2 aromatic rings. The van der Waals surface area contributed by atoms with Crippen molar-refractivity contribution in [3.8, 4) is 5.75 Å². The molecule has 1 unspecified atom stereocenters. The first-order chi connectivity index (χ1) is 10.2. The average Bonchev–Trinajstić information content (AvgIpc) is 3.34. The van der Waals surface area contributed by atoms with Crippen LogP contribution in [0.5, 0.6) is 5.75 Å². The molecule has 3 nitrogen and oxygen atoms in total. The van der Waals surface area contributed by atoms with Crippen molar-refractivity contribution in [1.82, 2.24) is 9.97 Å². The van der Waals surface area contributed by atoms with E-state index < -0.39 is 0 Å². The zero-order valence-corrected chi connectivity index (χ0v) is 13.7. The molecule has 0 N–H and O–H groups in total. The highest BCUT2D eigenvalue weighted by molar-refractivity contribution is 9.10. The van der Waals surface area contributed by atoms with Crippen LogP contribution in [0.2, 0.25) is 5.15 Å². The van der Waals surface area contributed by atoms with Crippen LogP contribution in [0.4, 0.5) is 0 Å². The van der Waals surface area contributed by atoms with Crippen molar-refractivity contribution in [2.45, 2.75) is 31.1 Å². The predicted octanol–water partition coefficient (Wildman–Crippen LogP) is 4.49. The quantitative estimate of drug-likeness (QED) is 0.736. The van der Waals surface area contributed by atoms with Crippen LogP contribution in [0.3, 0.4) is 0 Å². The van der Waals surface area contributed by atoms with Crippen molar-refractivity contribution in [3.63, 3.8) is 0 Å². The first kappa shape index (κ1) is 13.5. The molecule has 1 saturated carbocycles. The van der Waals surface area contributed by atoms with E-state index in [2.05, 4.69) is 27.0 Å². The topological polar surface area (TPSA) is 35.0 Å². The Morgan fingerprint density at radius 2 is 1.95 bits per heavy atom. The summed E-state index contributed by atoms with van der Waals surface area (Å²) in [6, 6.07) is 8.15. The Hall–Kier alpha value is -1.13. The molecule has 0 amide bonds. The van der Waals surface area contributed by atoms with Gasteiger partial charge in [-0.2, -0.15) is 0 Å². The van der Waals surface area contributed by atoms with E-state index in [9.17, 15) is 0 Å². The van der Waals surface area contributed by atoms with Gasteiger partial charge in [0.05, 0.1) is 22.7 Å². The summed E-state index contributed by atoms with van der Waals surface area (Å²) in [7, 11) is 0. The smallest absolute Gasteiger partial charge is 0.147 e.